The zero-order chi connectivity index (χ0) is 12.3. The monoisotopic (exact) mass is 241 g/mol. The molecule has 0 aliphatic carbocycles. The summed E-state index contributed by atoms with van der Waals surface area (Å²) < 4.78 is 13.6. The van der Waals surface area contributed by atoms with E-state index < -0.39 is 11.7 Å². The van der Waals surface area contributed by atoms with Gasteiger partial charge in [0.2, 0.25) is 5.91 Å². The number of likely N-dealkylation sites (N-methyl/N-ethyl adjacent to an activating group) is 1. The van der Waals surface area contributed by atoms with Crippen molar-refractivity contribution < 1.29 is 9.18 Å². The molecule has 0 aromatic heterocycles. The summed E-state index contributed by atoms with van der Waals surface area (Å²) >= 11 is 4.72. The van der Waals surface area contributed by atoms with Crippen molar-refractivity contribution in [2.24, 2.45) is 11.5 Å². The van der Waals surface area contributed by atoms with Gasteiger partial charge in [-0.15, -0.1) is 0 Å². The van der Waals surface area contributed by atoms with Gasteiger partial charge < -0.3 is 16.4 Å². The van der Waals surface area contributed by atoms with Gasteiger partial charge in [-0.2, -0.15) is 0 Å². The lowest BCUT2D eigenvalue weighted by Crippen LogP contribution is -2.31. The van der Waals surface area contributed by atoms with Gasteiger partial charge in [-0.3, -0.25) is 4.79 Å². The number of anilines is 1. The molecule has 16 heavy (non-hydrogen) atoms. The molecule has 0 fully saturated rings. The number of rotatable bonds is 4. The number of nitrogens with zero attached hydrogens (tertiary/aromatic N) is 1. The highest BCUT2D eigenvalue weighted by molar-refractivity contribution is 7.80. The summed E-state index contributed by atoms with van der Waals surface area (Å²) in [5.41, 5.74) is 11.1. The summed E-state index contributed by atoms with van der Waals surface area (Å²) in [6, 6.07) is 4.33. The second kappa shape index (κ2) is 4.89. The first-order valence-electron chi connectivity index (χ1n) is 4.50. The maximum absolute atomic E-state index is 13.6. The van der Waals surface area contributed by atoms with Crippen LogP contribution in [0, 0.1) is 5.82 Å². The van der Waals surface area contributed by atoms with E-state index in [2.05, 4.69) is 0 Å². The molecule has 0 unspecified atom stereocenters. The zero-order valence-corrected chi connectivity index (χ0v) is 9.55. The van der Waals surface area contributed by atoms with Crippen molar-refractivity contribution in [3.8, 4) is 0 Å². The summed E-state index contributed by atoms with van der Waals surface area (Å²) in [6.45, 7) is -0.0522. The number of hydrogen-bond donors (Lipinski definition) is 2. The van der Waals surface area contributed by atoms with Crippen LogP contribution in [0.5, 0.6) is 0 Å². The van der Waals surface area contributed by atoms with Crippen LogP contribution in [0.3, 0.4) is 0 Å². The lowest BCUT2D eigenvalue weighted by Gasteiger charge is -2.18. The van der Waals surface area contributed by atoms with Crippen LogP contribution in [-0.2, 0) is 4.79 Å². The summed E-state index contributed by atoms with van der Waals surface area (Å²) in [7, 11) is 1.57. The van der Waals surface area contributed by atoms with E-state index in [4.69, 9.17) is 23.7 Å². The number of halogens is 1. The van der Waals surface area contributed by atoms with Crippen molar-refractivity contribution in [3.05, 3.63) is 29.6 Å². The quantitative estimate of drug-likeness (QED) is 0.748. The number of thiocarbonyl (C=S) groups is 1. The average molecular weight is 241 g/mol. The molecule has 4 nitrogen and oxygen atoms in total. The van der Waals surface area contributed by atoms with Crippen molar-refractivity contribution in [2.45, 2.75) is 0 Å². The van der Waals surface area contributed by atoms with Gasteiger partial charge in [-0.1, -0.05) is 12.2 Å². The van der Waals surface area contributed by atoms with Crippen molar-refractivity contribution in [1.82, 2.24) is 0 Å². The van der Waals surface area contributed by atoms with E-state index >= 15 is 0 Å². The van der Waals surface area contributed by atoms with E-state index in [1.165, 1.54) is 17.0 Å². The summed E-state index contributed by atoms with van der Waals surface area (Å²) in [4.78, 5) is 12.2. The van der Waals surface area contributed by atoms with Crippen LogP contribution in [-0.4, -0.2) is 24.5 Å². The first kappa shape index (κ1) is 12.4. The fourth-order valence-corrected chi connectivity index (χ4v) is 1.42. The van der Waals surface area contributed by atoms with Gasteiger partial charge in [0.25, 0.3) is 0 Å². The molecule has 0 aliphatic heterocycles. The number of hydrogen-bond acceptors (Lipinski definition) is 3. The molecule has 0 atom stereocenters. The van der Waals surface area contributed by atoms with Gasteiger partial charge in [0.1, 0.15) is 10.8 Å². The largest absolute Gasteiger partial charge is 0.389 e. The van der Waals surface area contributed by atoms with E-state index in [0.717, 1.165) is 0 Å². The number of nitrogens with two attached hydrogens (primary N) is 2. The molecule has 0 heterocycles. The van der Waals surface area contributed by atoms with Gasteiger partial charge in [0.15, 0.2) is 0 Å². The number of benzene rings is 1. The Hall–Kier alpha value is -1.69. The molecule has 1 amide bonds. The Kier molecular flexibility index (Phi) is 3.78. The molecule has 0 saturated carbocycles. The molecule has 0 radical (unpaired) electrons. The van der Waals surface area contributed by atoms with Crippen molar-refractivity contribution in [3.63, 3.8) is 0 Å². The van der Waals surface area contributed by atoms with Crippen LogP contribution in [0.15, 0.2) is 18.2 Å². The summed E-state index contributed by atoms with van der Waals surface area (Å²) in [5, 5.41) is 0. The van der Waals surface area contributed by atoms with Crippen LogP contribution < -0.4 is 16.4 Å². The first-order valence-corrected chi connectivity index (χ1v) is 4.91. The second-order valence-electron chi connectivity index (χ2n) is 3.35. The highest BCUT2D eigenvalue weighted by Crippen LogP contribution is 2.19. The van der Waals surface area contributed by atoms with Crippen molar-refractivity contribution in [1.29, 1.82) is 0 Å². The highest BCUT2D eigenvalue weighted by Gasteiger charge is 2.10. The average Bonchev–Trinajstić information content (AvgIpc) is 2.15. The van der Waals surface area contributed by atoms with Crippen LogP contribution in [0.25, 0.3) is 0 Å². The molecule has 1 rings (SSSR count). The molecule has 1 aromatic rings. The van der Waals surface area contributed by atoms with Crippen molar-refractivity contribution >= 4 is 28.8 Å². The molecule has 86 valence electrons. The molecule has 6 heteroatoms. The molecule has 4 N–H and O–H groups in total. The smallest absolute Gasteiger partial charge is 0.236 e. The van der Waals surface area contributed by atoms with Gasteiger partial charge >= 0.3 is 0 Å². The van der Waals surface area contributed by atoms with Gasteiger partial charge in [0.05, 0.1) is 12.2 Å². The number of carbonyl (C=O) groups excluding carboxylic acids is 1. The topological polar surface area (TPSA) is 72.3 Å². The van der Waals surface area contributed by atoms with Crippen LogP contribution >= 0.6 is 12.2 Å². The fourth-order valence-electron chi connectivity index (χ4n) is 1.29. The zero-order valence-electron chi connectivity index (χ0n) is 8.74. The molecule has 1 aromatic carbocycles. The van der Waals surface area contributed by atoms with E-state index in [1.807, 2.05) is 0 Å². The minimum absolute atomic E-state index is 0.0522. The van der Waals surface area contributed by atoms with Crippen LogP contribution in [0.1, 0.15) is 5.56 Å². The maximum Gasteiger partial charge on any atom is 0.236 e. The number of amides is 1. The molecule has 0 saturated heterocycles. The van der Waals surface area contributed by atoms with Gasteiger partial charge in [0, 0.05) is 12.6 Å². The van der Waals surface area contributed by atoms with Gasteiger partial charge in [-0.25, -0.2) is 4.39 Å². The Morgan fingerprint density at radius 1 is 1.50 bits per heavy atom. The number of primary amides is 1. The Bertz CT molecular complexity index is 436. The standard InChI is InChI=1S/C10H12FN3OS/c1-14(5-9(12)15)8-3-2-6(10(13)16)4-7(8)11/h2-4H,5H2,1H3,(H2,12,15)(H2,13,16). The van der Waals surface area contributed by atoms with Crippen molar-refractivity contribution in [2.75, 3.05) is 18.5 Å². The molecular formula is C10H12FN3OS. The third-order valence-corrected chi connectivity index (χ3v) is 2.27. The predicted octanol–water partition coefficient (Wildman–Crippen LogP) is 0.381. The number of carbonyl (C=O) groups is 1. The minimum Gasteiger partial charge on any atom is -0.389 e. The van der Waals surface area contributed by atoms with Crippen LogP contribution in [0.4, 0.5) is 10.1 Å². The lowest BCUT2D eigenvalue weighted by atomic mass is 10.2. The van der Waals surface area contributed by atoms with Crippen LogP contribution in [0.2, 0.25) is 0 Å². The third-order valence-electron chi connectivity index (χ3n) is 2.04. The first-order chi connectivity index (χ1) is 7.41. The second-order valence-corrected chi connectivity index (χ2v) is 3.79. The highest BCUT2D eigenvalue weighted by atomic mass is 32.1. The van der Waals surface area contributed by atoms with E-state index in [-0.39, 0.29) is 17.2 Å². The lowest BCUT2D eigenvalue weighted by molar-refractivity contribution is -0.116. The fraction of sp³-hybridized carbons (Fsp3) is 0.200. The SMILES string of the molecule is CN(CC(N)=O)c1ccc(C(N)=S)cc1F. The molecular weight excluding hydrogens is 229 g/mol. The minimum atomic E-state index is -0.527. The predicted molar refractivity (Wildman–Crippen MR) is 64.8 cm³/mol. The molecule has 0 spiro atoms. The maximum atomic E-state index is 13.6. The van der Waals surface area contributed by atoms with Gasteiger partial charge in [-0.05, 0) is 18.2 Å². The van der Waals surface area contributed by atoms with E-state index in [0.29, 0.717) is 5.56 Å². The summed E-state index contributed by atoms with van der Waals surface area (Å²) in [5.74, 6) is -1.02. The molecule has 0 aliphatic rings. The summed E-state index contributed by atoms with van der Waals surface area (Å²) in [6.07, 6.45) is 0. The Balaban J connectivity index is 2.98. The molecule has 0 bridgehead atoms. The Morgan fingerprint density at radius 2 is 2.12 bits per heavy atom. The Labute approximate surface area is 98.0 Å². The van der Waals surface area contributed by atoms with E-state index in [1.54, 1.807) is 13.1 Å². The van der Waals surface area contributed by atoms with E-state index in [9.17, 15) is 9.18 Å². The Morgan fingerprint density at radius 3 is 2.56 bits per heavy atom. The third kappa shape index (κ3) is 2.90. The normalized spacial score (nSPS) is 9.88.